The highest BCUT2D eigenvalue weighted by atomic mass is 33.1. The molecule has 0 heterocycles. The average Bonchev–Trinajstić information content (AvgIpc) is 4.02. The van der Waals surface area contributed by atoms with Crippen molar-refractivity contribution in [3.05, 3.63) is 11.6 Å². The number of hydrogen-bond acceptors (Lipinski definition) is 14. The first-order chi connectivity index (χ1) is 35.5. The van der Waals surface area contributed by atoms with Crippen molar-refractivity contribution in [1.29, 1.82) is 0 Å². The number of allylic oxidation sites excluding steroid dienone is 1. The van der Waals surface area contributed by atoms with Gasteiger partial charge in [-0.05, 0) is 136 Å². The number of alkyl carbamates (subject to hydrolysis) is 1. The van der Waals surface area contributed by atoms with Gasteiger partial charge in [0.25, 0.3) is 0 Å². The van der Waals surface area contributed by atoms with Crippen LogP contribution < -0.4 is 5.32 Å². The molecular formula is C56H103NO12P2S2. The van der Waals surface area contributed by atoms with E-state index in [1.807, 2.05) is 21.6 Å². The first-order valence-corrected chi connectivity index (χ1v) is 34.0. The minimum atomic E-state index is -1.88. The lowest BCUT2D eigenvalue weighted by Gasteiger charge is -2.58. The van der Waals surface area contributed by atoms with Gasteiger partial charge in [-0.1, -0.05) is 126 Å². The number of nitrogens with one attached hydrogen (secondary N) is 1. The Kier molecular flexibility index (Phi) is 32.6. The molecule has 0 aromatic heterocycles. The molecule has 17 heteroatoms. The van der Waals surface area contributed by atoms with Crippen LogP contribution in [0.2, 0.25) is 0 Å². The smallest absolute Gasteiger partial charge is 0.407 e. The van der Waals surface area contributed by atoms with E-state index in [1.165, 1.54) is 89.2 Å². The zero-order valence-corrected chi connectivity index (χ0v) is 49.7. The third kappa shape index (κ3) is 23.8. The van der Waals surface area contributed by atoms with Gasteiger partial charge in [-0.15, -0.1) is 0 Å². The Morgan fingerprint density at radius 3 is 1.90 bits per heavy atom. The maximum atomic E-state index is 12.8. The monoisotopic (exact) mass is 1110 g/mol. The summed E-state index contributed by atoms with van der Waals surface area (Å²) in [6.07, 6.45) is 30.4. The summed E-state index contributed by atoms with van der Waals surface area (Å²) in [6, 6.07) is 0. The van der Waals surface area contributed by atoms with Gasteiger partial charge in [-0.3, -0.25) is 0 Å². The molecule has 4 fully saturated rings. The predicted molar refractivity (Wildman–Crippen MR) is 301 cm³/mol. The maximum Gasteiger partial charge on any atom is 0.407 e. The molecule has 5 rings (SSSR count). The number of ether oxygens (including phenoxy) is 5. The van der Waals surface area contributed by atoms with Crippen molar-refractivity contribution >= 4 is 44.9 Å². The zero-order valence-electron chi connectivity index (χ0n) is 46.3. The van der Waals surface area contributed by atoms with Gasteiger partial charge in [0.05, 0.1) is 72.2 Å². The second-order valence-corrected chi connectivity index (χ2v) is 27.4. The van der Waals surface area contributed by atoms with Crippen LogP contribution >= 0.6 is 38.8 Å². The van der Waals surface area contributed by atoms with Crippen LogP contribution in [0.3, 0.4) is 0 Å². The molecule has 10 atom stereocenters. The third-order valence-electron chi connectivity index (χ3n) is 17.1. The van der Waals surface area contributed by atoms with Crippen LogP contribution in [0.15, 0.2) is 11.6 Å². The Labute approximate surface area is 454 Å². The van der Waals surface area contributed by atoms with Crippen LogP contribution in [0.4, 0.5) is 4.79 Å². The van der Waals surface area contributed by atoms with Crippen LogP contribution in [0.5, 0.6) is 0 Å². The van der Waals surface area contributed by atoms with Gasteiger partial charge in [0, 0.05) is 31.1 Å². The van der Waals surface area contributed by atoms with Crippen molar-refractivity contribution in [3.8, 4) is 0 Å². The molecule has 9 unspecified atom stereocenters. The van der Waals surface area contributed by atoms with E-state index in [1.54, 1.807) is 5.57 Å². The lowest BCUT2D eigenvalue weighted by Crippen LogP contribution is -2.51. The molecule has 3 N–H and O–H groups in total. The normalized spacial score (nSPS) is 27.3. The maximum absolute atomic E-state index is 12.8. The quantitative estimate of drug-likeness (QED) is 0.0230. The van der Waals surface area contributed by atoms with Gasteiger partial charge in [-0.2, -0.15) is 0 Å². The molecule has 5 aliphatic carbocycles. The fraction of sp³-hybridized carbons (Fsp3) is 0.946. The number of unbranched alkanes of at least 4 members (excludes halogenated alkanes) is 6. The number of carbonyl (C=O) groups is 1. The zero-order chi connectivity index (χ0) is 52.0. The van der Waals surface area contributed by atoms with Crippen molar-refractivity contribution in [2.45, 2.75) is 201 Å². The second-order valence-electron chi connectivity index (χ2n) is 22.7. The van der Waals surface area contributed by atoms with E-state index in [9.17, 15) is 14.6 Å². The fourth-order valence-corrected chi connectivity index (χ4v) is 16.8. The summed E-state index contributed by atoms with van der Waals surface area (Å²) in [4.78, 5) is 32.6. The molecule has 13 nitrogen and oxygen atoms in total. The Morgan fingerprint density at radius 1 is 0.644 bits per heavy atom. The molecule has 1 amide bonds. The summed E-state index contributed by atoms with van der Waals surface area (Å²) >= 11 is 0. The van der Waals surface area contributed by atoms with Gasteiger partial charge in [0.2, 0.25) is 0 Å². The predicted octanol–water partition coefficient (Wildman–Crippen LogP) is 14.5. The number of fused-ring (bicyclic) bond motifs is 5. The van der Waals surface area contributed by atoms with E-state index >= 15 is 0 Å². The Morgan fingerprint density at radius 2 is 1.25 bits per heavy atom. The minimum Gasteiger partial charge on any atom is -0.446 e. The van der Waals surface area contributed by atoms with Crippen LogP contribution in [0, 0.1) is 46.3 Å². The highest BCUT2D eigenvalue weighted by Gasteiger charge is 2.59. The van der Waals surface area contributed by atoms with E-state index in [-0.39, 0.29) is 30.3 Å². The molecule has 0 aromatic carbocycles. The van der Waals surface area contributed by atoms with Crippen LogP contribution in [-0.4, -0.2) is 119 Å². The molecule has 0 saturated heterocycles. The Hall–Kier alpha value is 0.170. The minimum absolute atomic E-state index is 0.0378. The fourth-order valence-electron chi connectivity index (χ4n) is 13.1. The van der Waals surface area contributed by atoms with E-state index in [0.717, 1.165) is 112 Å². The molecule has 5 aliphatic rings. The summed E-state index contributed by atoms with van der Waals surface area (Å²) < 4.78 is 50.2. The van der Waals surface area contributed by atoms with Crippen LogP contribution in [0.1, 0.15) is 189 Å². The second kappa shape index (κ2) is 37.2. The summed E-state index contributed by atoms with van der Waals surface area (Å²) in [5, 5.41) is 2.95. The van der Waals surface area contributed by atoms with E-state index in [4.69, 9.17) is 41.8 Å². The van der Waals surface area contributed by atoms with Crippen molar-refractivity contribution in [1.82, 2.24) is 5.32 Å². The molecule has 0 bridgehead atoms. The summed E-state index contributed by atoms with van der Waals surface area (Å²) in [6.45, 7) is 18.1. The molecule has 0 aromatic rings. The number of amides is 1. The Bertz CT molecular complexity index is 1490. The van der Waals surface area contributed by atoms with Crippen molar-refractivity contribution < 1.29 is 56.4 Å². The summed E-state index contributed by atoms with van der Waals surface area (Å²) in [5.74, 6) is 7.31. The largest absolute Gasteiger partial charge is 0.446 e. The molecule has 4 saturated carbocycles. The van der Waals surface area contributed by atoms with Gasteiger partial charge in [-0.25, -0.2) is 4.79 Å². The number of carbonyl (C=O) groups excluding carboxylic acids is 1. The third-order valence-corrected chi connectivity index (χ3v) is 21.4. The number of hydrogen-bond donors (Lipinski definition) is 3. The van der Waals surface area contributed by atoms with Crippen molar-refractivity contribution in [2.24, 2.45) is 46.3 Å². The standard InChI is InChI=1S/C56H103NO12P2S2/c1-45(2)18-16-19-46(3)51-24-25-52-50-23-22-47-44-49(26-28-55(47,4)53(50)27-29-56(51,52)5)68-54(58)57-30-17-31-61-34-35-62-36-37-63-38-39-64-40-41-67-70(59)65-32-12-6-8-14-42-72-73-43-15-9-7-13-33-66-71(60)69-48-20-10-11-21-48/h22,45-46,48-53,59-60H,6-21,23-44H2,1-5H3,(H,57,58)/t46-,49?,50?,51?,52?,53?,55?,56?,70?,71?/m0/s1. The van der Waals surface area contributed by atoms with Crippen LogP contribution in [0.25, 0.3) is 0 Å². The van der Waals surface area contributed by atoms with Crippen molar-refractivity contribution in [3.63, 3.8) is 0 Å². The van der Waals surface area contributed by atoms with E-state index < -0.39 is 17.2 Å². The van der Waals surface area contributed by atoms with Crippen LogP contribution in [-0.2, 0) is 41.8 Å². The SMILES string of the molecule is CC(C)CCC[C@H](C)C1CCC2C3CC=C4CC(OC(=O)NCCCOCCOCCOCCOCCOP(O)OCCCCCCSSCCCCCCOP(O)OC5CCCC5)CCC4(C)C3CCC21C. The van der Waals surface area contributed by atoms with Gasteiger partial charge < -0.3 is 56.9 Å². The first-order valence-electron chi connectivity index (χ1n) is 29.2. The molecule has 0 aliphatic heterocycles. The molecule has 73 heavy (non-hydrogen) atoms. The van der Waals surface area contributed by atoms with Crippen molar-refractivity contribution in [2.75, 3.05) is 90.7 Å². The highest BCUT2D eigenvalue weighted by molar-refractivity contribution is 8.76. The summed E-state index contributed by atoms with van der Waals surface area (Å²) in [7, 11) is 0.337. The highest BCUT2D eigenvalue weighted by Crippen LogP contribution is 2.67. The average molecular weight is 1110 g/mol. The van der Waals surface area contributed by atoms with Gasteiger partial charge >= 0.3 is 23.3 Å². The lowest BCUT2D eigenvalue weighted by molar-refractivity contribution is -0.0581. The Balaban J connectivity index is 0.727. The number of rotatable bonds is 42. The topological polar surface area (TPSA) is 153 Å². The molecule has 426 valence electrons. The summed E-state index contributed by atoms with van der Waals surface area (Å²) in [5.41, 5.74) is 2.32. The first kappa shape index (κ1) is 64.0. The molecular weight excluding hydrogens is 1000 g/mol. The van der Waals surface area contributed by atoms with E-state index in [0.29, 0.717) is 78.0 Å². The van der Waals surface area contributed by atoms with Gasteiger partial charge in [0.1, 0.15) is 6.10 Å². The lowest BCUT2D eigenvalue weighted by atomic mass is 9.47. The van der Waals surface area contributed by atoms with E-state index in [2.05, 4.69) is 46.0 Å². The molecule has 0 spiro atoms. The van der Waals surface area contributed by atoms with Gasteiger partial charge in [0.15, 0.2) is 0 Å². The molecule has 0 radical (unpaired) electrons.